The molecule has 1 aliphatic heterocycles. The lowest BCUT2D eigenvalue weighted by atomic mass is 10.2. The van der Waals surface area contributed by atoms with Crippen LogP contribution in [0.2, 0.25) is 0 Å². The van der Waals surface area contributed by atoms with Gasteiger partial charge in [-0.05, 0) is 42.8 Å². The lowest BCUT2D eigenvalue weighted by molar-refractivity contribution is -0.133. The molecule has 2 aromatic rings. The number of hydrogen-bond donors (Lipinski definition) is 1. The number of nitrogens with zero attached hydrogens (tertiary/aromatic N) is 1. The molecular weight excluding hydrogens is 408 g/mol. The van der Waals surface area contributed by atoms with Crippen molar-refractivity contribution >= 4 is 21.7 Å². The molecule has 162 valence electrons. The fourth-order valence-corrected chi connectivity index (χ4v) is 3.85. The molecule has 1 fully saturated rings. The van der Waals surface area contributed by atoms with E-state index in [2.05, 4.69) is 5.32 Å². The zero-order valence-corrected chi connectivity index (χ0v) is 18.1. The molecule has 3 rings (SSSR count). The van der Waals surface area contributed by atoms with E-state index in [1.807, 2.05) is 13.8 Å². The molecule has 0 aliphatic carbocycles. The van der Waals surface area contributed by atoms with Gasteiger partial charge in [0.05, 0.1) is 4.90 Å². The van der Waals surface area contributed by atoms with Gasteiger partial charge >= 0.3 is 0 Å². The number of ether oxygens (including phenoxy) is 1. The van der Waals surface area contributed by atoms with Gasteiger partial charge in [0.2, 0.25) is 5.91 Å². The molecule has 2 heterocycles. The molecule has 8 nitrogen and oxygen atoms in total. The number of carbonyl (C=O) groups excluding carboxylic acids is 2. The molecule has 1 saturated heterocycles. The molecule has 1 N–H and O–H groups in total. The quantitative estimate of drug-likeness (QED) is 0.716. The van der Waals surface area contributed by atoms with Crippen LogP contribution in [0.15, 0.2) is 45.7 Å². The molecule has 0 saturated carbocycles. The van der Waals surface area contributed by atoms with Crippen molar-refractivity contribution in [1.82, 2.24) is 10.2 Å². The molecule has 0 radical (unpaired) electrons. The Balaban J connectivity index is 1.51. The maximum absolute atomic E-state index is 12.4. The van der Waals surface area contributed by atoms with Crippen LogP contribution in [-0.4, -0.2) is 50.5 Å². The maximum atomic E-state index is 12.4. The minimum Gasteiger partial charge on any atom is -0.486 e. The highest BCUT2D eigenvalue weighted by atomic mass is 32.2. The Morgan fingerprint density at radius 2 is 1.90 bits per heavy atom. The first-order chi connectivity index (χ1) is 14.1. The number of rotatable bonds is 7. The van der Waals surface area contributed by atoms with Crippen molar-refractivity contribution in [3.8, 4) is 5.75 Å². The van der Waals surface area contributed by atoms with E-state index in [-0.39, 0.29) is 41.0 Å². The van der Waals surface area contributed by atoms with Crippen LogP contribution >= 0.6 is 0 Å². The van der Waals surface area contributed by atoms with E-state index in [9.17, 15) is 18.0 Å². The van der Waals surface area contributed by atoms with Crippen LogP contribution in [0, 0.1) is 5.92 Å². The largest absolute Gasteiger partial charge is 0.486 e. The number of carbonyl (C=O) groups is 2. The van der Waals surface area contributed by atoms with Gasteiger partial charge < -0.3 is 19.4 Å². The summed E-state index contributed by atoms with van der Waals surface area (Å²) >= 11 is 0. The third-order valence-electron chi connectivity index (χ3n) is 4.85. The molecule has 30 heavy (non-hydrogen) atoms. The van der Waals surface area contributed by atoms with Crippen LogP contribution in [0.1, 0.15) is 36.6 Å². The number of nitrogens with one attached hydrogen (secondary N) is 1. The SMILES string of the molecule is CC(C)C(=O)N1CC[C@@H](NC(=O)c2ccc(COc3ccc(S(C)(=O)=O)cc3)o2)C1. The molecule has 1 aromatic carbocycles. The smallest absolute Gasteiger partial charge is 0.287 e. The van der Waals surface area contributed by atoms with Crippen LogP contribution in [0.4, 0.5) is 0 Å². The van der Waals surface area contributed by atoms with Crippen molar-refractivity contribution in [2.24, 2.45) is 5.92 Å². The van der Waals surface area contributed by atoms with Crippen molar-refractivity contribution in [3.63, 3.8) is 0 Å². The van der Waals surface area contributed by atoms with Crippen LogP contribution in [0.5, 0.6) is 5.75 Å². The monoisotopic (exact) mass is 434 g/mol. The number of likely N-dealkylation sites (tertiary alicyclic amines) is 1. The summed E-state index contributed by atoms with van der Waals surface area (Å²) in [5.74, 6) is 0.835. The van der Waals surface area contributed by atoms with Gasteiger partial charge in [-0.3, -0.25) is 9.59 Å². The van der Waals surface area contributed by atoms with Crippen LogP contribution < -0.4 is 10.1 Å². The van der Waals surface area contributed by atoms with Crippen LogP contribution in [0.25, 0.3) is 0 Å². The lowest BCUT2D eigenvalue weighted by Crippen LogP contribution is -2.39. The highest BCUT2D eigenvalue weighted by molar-refractivity contribution is 7.90. The average molecular weight is 435 g/mol. The van der Waals surface area contributed by atoms with Crippen LogP contribution in [0.3, 0.4) is 0 Å². The summed E-state index contributed by atoms with van der Waals surface area (Å²) in [5.41, 5.74) is 0. The fraction of sp³-hybridized carbons (Fsp3) is 0.429. The van der Waals surface area contributed by atoms with E-state index in [0.29, 0.717) is 31.0 Å². The van der Waals surface area contributed by atoms with Gasteiger partial charge in [-0.2, -0.15) is 0 Å². The number of sulfone groups is 1. The maximum Gasteiger partial charge on any atom is 0.287 e. The zero-order chi connectivity index (χ0) is 21.9. The van der Waals surface area contributed by atoms with E-state index in [1.165, 1.54) is 12.1 Å². The van der Waals surface area contributed by atoms with E-state index >= 15 is 0 Å². The number of amides is 2. The standard InChI is InChI=1S/C21H26N2O6S/c1-14(2)21(25)23-11-10-15(12-23)22-20(24)19-9-6-17(29-19)13-28-16-4-7-18(8-5-16)30(3,26)27/h4-9,14-15H,10-13H2,1-3H3,(H,22,24)/t15-/m1/s1. The zero-order valence-electron chi connectivity index (χ0n) is 17.3. The molecule has 0 bridgehead atoms. The molecule has 1 atom stereocenters. The van der Waals surface area contributed by atoms with E-state index < -0.39 is 9.84 Å². The highest BCUT2D eigenvalue weighted by Gasteiger charge is 2.29. The fourth-order valence-electron chi connectivity index (χ4n) is 3.21. The molecule has 0 unspecified atom stereocenters. The second kappa shape index (κ2) is 8.91. The van der Waals surface area contributed by atoms with Gasteiger partial charge in [0.15, 0.2) is 15.6 Å². The van der Waals surface area contributed by atoms with Gasteiger partial charge in [0, 0.05) is 31.3 Å². The second-order valence-corrected chi connectivity index (χ2v) is 9.71. The minimum absolute atomic E-state index is 0.0605. The number of hydrogen-bond acceptors (Lipinski definition) is 6. The Hall–Kier alpha value is -2.81. The summed E-state index contributed by atoms with van der Waals surface area (Å²) in [6, 6.07) is 9.21. The van der Waals surface area contributed by atoms with Crippen molar-refractivity contribution in [1.29, 1.82) is 0 Å². The van der Waals surface area contributed by atoms with Crippen molar-refractivity contribution in [2.45, 2.75) is 37.8 Å². The lowest BCUT2D eigenvalue weighted by Gasteiger charge is -2.18. The van der Waals surface area contributed by atoms with Crippen molar-refractivity contribution in [3.05, 3.63) is 47.9 Å². The summed E-state index contributed by atoms with van der Waals surface area (Å²) in [6.07, 6.45) is 1.86. The molecule has 2 amide bonds. The molecular formula is C21H26N2O6S. The summed E-state index contributed by atoms with van der Waals surface area (Å²) in [7, 11) is -3.26. The topological polar surface area (TPSA) is 106 Å². The van der Waals surface area contributed by atoms with Gasteiger partial charge in [-0.15, -0.1) is 0 Å². The van der Waals surface area contributed by atoms with Crippen molar-refractivity contribution in [2.75, 3.05) is 19.3 Å². The minimum atomic E-state index is -3.26. The Kier molecular flexibility index (Phi) is 6.50. The second-order valence-electron chi connectivity index (χ2n) is 7.70. The molecule has 9 heteroatoms. The van der Waals surface area contributed by atoms with Crippen LogP contribution in [-0.2, 0) is 21.2 Å². The first-order valence-electron chi connectivity index (χ1n) is 9.75. The Morgan fingerprint density at radius 1 is 1.20 bits per heavy atom. The Labute approximate surface area is 176 Å². The number of benzene rings is 1. The Morgan fingerprint density at radius 3 is 2.53 bits per heavy atom. The van der Waals surface area contributed by atoms with Gasteiger partial charge in [-0.1, -0.05) is 13.8 Å². The first-order valence-corrected chi connectivity index (χ1v) is 11.6. The third-order valence-corrected chi connectivity index (χ3v) is 5.98. The van der Waals surface area contributed by atoms with Crippen molar-refractivity contribution < 1.29 is 27.2 Å². The number of furan rings is 1. The first kappa shape index (κ1) is 21.9. The van der Waals surface area contributed by atoms with Gasteiger partial charge in [0.25, 0.3) is 5.91 Å². The summed E-state index contributed by atoms with van der Waals surface area (Å²) in [5, 5.41) is 2.90. The molecule has 0 spiro atoms. The average Bonchev–Trinajstić information content (AvgIpc) is 3.35. The van der Waals surface area contributed by atoms with E-state index in [0.717, 1.165) is 6.26 Å². The summed E-state index contributed by atoms with van der Waals surface area (Å²) in [4.78, 5) is 26.5. The molecule has 1 aromatic heterocycles. The Bertz CT molecular complexity index is 1010. The molecule has 1 aliphatic rings. The predicted molar refractivity (Wildman–Crippen MR) is 110 cm³/mol. The third kappa shape index (κ3) is 5.41. The summed E-state index contributed by atoms with van der Waals surface area (Å²) in [6.45, 7) is 4.97. The predicted octanol–water partition coefficient (Wildman–Crippen LogP) is 2.25. The summed E-state index contributed by atoms with van der Waals surface area (Å²) < 4.78 is 34.1. The van der Waals surface area contributed by atoms with E-state index in [4.69, 9.17) is 9.15 Å². The van der Waals surface area contributed by atoms with E-state index in [1.54, 1.807) is 29.2 Å². The van der Waals surface area contributed by atoms with Gasteiger partial charge in [-0.25, -0.2) is 8.42 Å². The highest BCUT2D eigenvalue weighted by Crippen LogP contribution is 2.18. The van der Waals surface area contributed by atoms with Gasteiger partial charge in [0.1, 0.15) is 18.1 Å². The normalized spacial score (nSPS) is 16.7.